The summed E-state index contributed by atoms with van der Waals surface area (Å²) >= 11 is 0. The molecule has 0 spiro atoms. The van der Waals surface area contributed by atoms with Crippen LogP contribution in [-0.2, 0) is 17.8 Å². The lowest BCUT2D eigenvalue weighted by molar-refractivity contribution is -0.121. The molecule has 0 saturated carbocycles. The molecule has 0 saturated heterocycles. The van der Waals surface area contributed by atoms with E-state index in [0.717, 1.165) is 28.8 Å². The Labute approximate surface area is 174 Å². The summed E-state index contributed by atoms with van der Waals surface area (Å²) in [6.45, 7) is 4.46. The SMILES string of the molecule is Cc1ccc(-n2ncc3c(=O)n(CC(=O)NCCc4ccccc4)cnc32)c(C)c1. The van der Waals surface area contributed by atoms with Crippen molar-refractivity contribution in [2.24, 2.45) is 0 Å². The summed E-state index contributed by atoms with van der Waals surface area (Å²) in [5, 5.41) is 7.60. The lowest BCUT2D eigenvalue weighted by Crippen LogP contribution is -2.33. The van der Waals surface area contributed by atoms with Crippen molar-refractivity contribution in [3.8, 4) is 5.69 Å². The second-order valence-electron chi connectivity index (χ2n) is 7.35. The van der Waals surface area contributed by atoms with E-state index in [9.17, 15) is 9.59 Å². The van der Waals surface area contributed by atoms with Crippen molar-refractivity contribution in [3.63, 3.8) is 0 Å². The predicted molar refractivity (Wildman–Crippen MR) is 116 cm³/mol. The first-order valence-corrected chi connectivity index (χ1v) is 9.84. The number of nitrogens with zero attached hydrogens (tertiary/aromatic N) is 4. The van der Waals surface area contributed by atoms with Crippen LogP contribution in [0.5, 0.6) is 0 Å². The topological polar surface area (TPSA) is 81.8 Å². The van der Waals surface area contributed by atoms with Gasteiger partial charge in [0.15, 0.2) is 5.65 Å². The van der Waals surface area contributed by atoms with Crippen LogP contribution in [0.1, 0.15) is 16.7 Å². The largest absolute Gasteiger partial charge is 0.354 e. The molecule has 1 N–H and O–H groups in total. The Hall–Kier alpha value is -3.74. The van der Waals surface area contributed by atoms with E-state index in [4.69, 9.17) is 0 Å². The minimum atomic E-state index is -0.283. The van der Waals surface area contributed by atoms with Gasteiger partial charge in [-0.2, -0.15) is 5.10 Å². The second-order valence-corrected chi connectivity index (χ2v) is 7.35. The van der Waals surface area contributed by atoms with Gasteiger partial charge in [0.05, 0.1) is 11.9 Å². The minimum absolute atomic E-state index is 0.0781. The molecule has 0 aliphatic rings. The third kappa shape index (κ3) is 4.00. The molecule has 1 amide bonds. The summed E-state index contributed by atoms with van der Waals surface area (Å²) in [4.78, 5) is 29.5. The Bertz CT molecular complexity index is 1260. The molecule has 0 fully saturated rings. The number of nitrogens with one attached hydrogen (secondary N) is 1. The van der Waals surface area contributed by atoms with E-state index < -0.39 is 0 Å². The van der Waals surface area contributed by atoms with Crippen LogP contribution < -0.4 is 10.9 Å². The monoisotopic (exact) mass is 401 g/mol. The molecule has 7 heteroatoms. The number of amides is 1. The predicted octanol–water partition coefficient (Wildman–Crippen LogP) is 2.56. The summed E-state index contributed by atoms with van der Waals surface area (Å²) in [5.41, 5.74) is 4.42. The van der Waals surface area contributed by atoms with E-state index in [1.165, 1.54) is 17.1 Å². The lowest BCUT2D eigenvalue weighted by atomic mass is 10.1. The van der Waals surface area contributed by atoms with Crippen LogP contribution in [0, 0.1) is 13.8 Å². The van der Waals surface area contributed by atoms with Gasteiger partial charge in [-0.15, -0.1) is 0 Å². The number of aromatic nitrogens is 4. The molecule has 4 rings (SSSR count). The summed E-state index contributed by atoms with van der Waals surface area (Å²) in [7, 11) is 0. The number of hydrogen-bond acceptors (Lipinski definition) is 4. The van der Waals surface area contributed by atoms with E-state index in [0.29, 0.717) is 17.6 Å². The van der Waals surface area contributed by atoms with Gasteiger partial charge in [-0.25, -0.2) is 9.67 Å². The smallest absolute Gasteiger partial charge is 0.264 e. The molecule has 152 valence electrons. The maximum Gasteiger partial charge on any atom is 0.264 e. The first kappa shape index (κ1) is 19.6. The Morgan fingerprint density at radius 2 is 1.90 bits per heavy atom. The van der Waals surface area contributed by atoms with Gasteiger partial charge in [0.25, 0.3) is 5.56 Å². The Balaban J connectivity index is 1.50. The summed E-state index contributed by atoms with van der Waals surface area (Å²) in [6, 6.07) is 15.9. The van der Waals surface area contributed by atoms with Gasteiger partial charge < -0.3 is 5.32 Å². The molecule has 0 bridgehead atoms. The molecule has 0 unspecified atom stereocenters. The maximum atomic E-state index is 12.8. The zero-order chi connectivity index (χ0) is 21.1. The number of carbonyl (C=O) groups is 1. The van der Waals surface area contributed by atoms with Crippen molar-refractivity contribution in [1.29, 1.82) is 0 Å². The van der Waals surface area contributed by atoms with Crippen molar-refractivity contribution in [2.75, 3.05) is 6.54 Å². The van der Waals surface area contributed by atoms with E-state index in [1.807, 2.05) is 56.3 Å². The van der Waals surface area contributed by atoms with Gasteiger partial charge in [0, 0.05) is 6.54 Å². The Morgan fingerprint density at radius 1 is 1.10 bits per heavy atom. The van der Waals surface area contributed by atoms with Crippen LogP contribution in [0.4, 0.5) is 0 Å². The zero-order valence-corrected chi connectivity index (χ0v) is 17.0. The van der Waals surface area contributed by atoms with Gasteiger partial charge in [0.1, 0.15) is 18.3 Å². The molecule has 2 heterocycles. The van der Waals surface area contributed by atoms with Gasteiger partial charge in [-0.05, 0) is 37.5 Å². The molecule has 30 heavy (non-hydrogen) atoms. The highest BCUT2D eigenvalue weighted by atomic mass is 16.2. The Kier molecular flexibility index (Phi) is 5.43. The summed E-state index contributed by atoms with van der Waals surface area (Å²) in [5.74, 6) is -0.226. The molecule has 0 aliphatic heterocycles. The highest BCUT2D eigenvalue weighted by molar-refractivity contribution is 5.78. The molecule has 4 aromatic rings. The fourth-order valence-electron chi connectivity index (χ4n) is 3.48. The van der Waals surface area contributed by atoms with Crippen molar-refractivity contribution in [1.82, 2.24) is 24.6 Å². The number of benzene rings is 2. The lowest BCUT2D eigenvalue weighted by Gasteiger charge is -2.09. The van der Waals surface area contributed by atoms with Crippen molar-refractivity contribution >= 4 is 16.9 Å². The van der Waals surface area contributed by atoms with Crippen LogP contribution in [0.25, 0.3) is 16.7 Å². The van der Waals surface area contributed by atoms with Crippen molar-refractivity contribution in [3.05, 3.63) is 88.1 Å². The highest BCUT2D eigenvalue weighted by Crippen LogP contribution is 2.18. The fourth-order valence-corrected chi connectivity index (χ4v) is 3.48. The summed E-state index contributed by atoms with van der Waals surface area (Å²) < 4.78 is 2.98. The highest BCUT2D eigenvalue weighted by Gasteiger charge is 2.14. The number of carbonyl (C=O) groups excluding carboxylic acids is 1. The Morgan fingerprint density at radius 3 is 2.67 bits per heavy atom. The average Bonchev–Trinajstić information content (AvgIpc) is 3.15. The molecular formula is C23H23N5O2. The quantitative estimate of drug-likeness (QED) is 0.538. The fraction of sp³-hybridized carbons (Fsp3) is 0.217. The summed E-state index contributed by atoms with van der Waals surface area (Å²) in [6.07, 6.45) is 3.65. The van der Waals surface area contributed by atoms with E-state index in [-0.39, 0.29) is 18.0 Å². The first-order chi connectivity index (χ1) is 14.5. The third-order valence-electron chi connectivity index (χ3n) is 5.03. The average molecular weight is 401 g/mol. The van der Waals surface area contributed by atoms with Crippen LogP contribution >= 0.6 is 0 Å². The minimum Gasteiger partial charge on any atom is -0.354 e. The van der Waals surface area contributed by atoms with Gasteiger partial charge in [0.2, 0.25) is 5.91 Å². The standard InChI is InChI=1S/C23H23N5O2/c1-16-8-9-20(17(2)12-16)28-22-19(13-26-28)23(30)27(15-25-22)14-21(29)24-11-10-18-6-4-3-5-7-18/h3-9,12-13,15H,10-11,14H2,1-2H3,(H,24,29). The van der Waals surface area contributed by atoms with Crippen LogP contribution in [-0.4, -0.2) is 31.8 Å². The number of aryl methyl sites for hydroxylation is 2. The number of rotatable bonds is 6. The third-order valence-corrected chi connectivity index (χ3v) is 5.03. The molecule has 2 aromatic heterocycles. The number of fused-ring (bicyclic) bond motifs is 1. The second kappa shape index (κ2) is 8.32. The van der Waals surface area contributed by atoms with Crippen LogP contribution in [0.15, 0.2) is 65.8 Å². The zero-order valence-electron chi connectivity index (χ0n) is 17.0. The van der Waals surface area contributed by atoms with E-state index in [2.05, 4.69) is 21.5 Å². The van der Waals surface area contributed by atoms with E-state index in [1.54, 1.807) is 4.68 Å². The van der Waals surface area contributed by atoms with Crippen molar-refractivity contribution < 1.29 is 4.79 Å². The molecule has 0 aliphatic carbocycles. The van der Waals surface area contributed by atoms with Crippen molar-refractivity contribution in [2.45, 2.75) is 26.8 Å². The van der Waals surface area contributed by atoms with Crippen LogP contribution in [0.3, 0.4) is 0 Å². The maximum absolute atomic E-state index is 12.8. The molecule has 0 radical (unpaired) electrons. The normalized spacial score (nSPS) is 11.0. The van der Waals surface area contributed by atoms with Gasteiger partial charge >= 0.3 is 0 Å². The molecular weight excluding hydrogens is 378 g/mol. The first-order valence-electron chi connectivity index (χ1n) is 9.84. The molecule has 2 aromatic carbocycles. The van der Waals surface area contributed by atoms with Gasteiger partial charge in [-0.1, -0.05) is 48.0 Å². The van der Waals surface area contributed by atoms with Gasteiger partial charge in [-0.3, -0.25) is 14.2 Å². The number of hydrogen-bond donors (Lipinski definition) is 1. The van der Waals surface area contributed by atoms with E-state index >= 15 is 0 Å². The molecule has 0 atom stereocenters. The molecule has 7 nitrogen and oxygen atoms in total. The van der Waals surface area contributed by atoms with Crippen LogP contribution in [0.2, 0.25) is 0 Å².